The molecular weight excluding hydrogens is 286 g/mol. The third-order valence-electron chi connectivity index (χ3n) is 0.962. The second-order valence-corrected chi connectivity index (χ2v) is 2.93. The van der Waals surface area contributed by atoms with Crippen molar-refractivity contribution in [1.82, 2.24) is 4.98 Å². The van der Waals surface area contributed by atoms with E-state index in [0.29, 0.717) is 0 Å². The Kier molecular flexibility index (Phi) is 3.12. The molecule has 12 heavy (non-hydrogen) atoms. The van der Waals surface area contributed by atoms with E-state index in [-0.39, 0.29) is 9.45 Å². The van der Waals surface area contributed by atoms with Gasteiger partial charge in [-0.15, -0.1) is 0 Å². The molecule has 1 aromatic heterocycles. The van der Waals surface area contributed by atoms with Crippen LogP contribution in [0.15, 0.2) is 12.1 Å². The van der Waals surface area contributed by atoms with Crippen LogP contribution in [0.4, 0.5) is 13.2 Å². The number of halogens is 4. The van der Waals surface area contributed by atoms with Crippen molar-refractivity contribution in [3.8, 4) is 5.75 Å². The molecule has 0 radical (unpaired) electrons. The van der Waals surface area contributed by atoms with E-state index in [9.17, 15) is 13.2 Å². The summed E-state index contributed by atoms with van der Waals surface area (Å²) in [6.07, 6.45) is 0. The minimum Gasteiger partial charge on any atom is -0.435 e. The third kappa shape index (κ3) is 2.84. The molecule has 0 saturated heterocycles. The summed E-state index contributed by atoms with van der Waals surface area (Å²) in [5.74, 6) is -1.06. The fraction of sp³-hybridized carbons (Fsp3) is 0.167. The zero-order valence-corrected chi connectivity index (χ0v) is 7.76. The van der Waals surface area contributed by atoms with Gasteiger partial charge in [0, 0.05) is 12.1 Å². The minimum absolute atomic E-state index is 0.220. The van der Waals surface area contributed by atoms with E-state index in [1.165, 1.54) is 6.07 Å². The molecule has 0 aromatic carbocycles. The fourth-order valence-electron chi connectivity index (χ4n) is 0.614. The highest BCUT2D eigenvalue weighted by Gasteiger charge is 2.06. The average Bonchev–Trinajstić information content (AvgIpc) is 1.81. The number of pyridine rings is 1. The highest BCUT2D eigenvalue weighted by molar-refractivity contribution is 14.1. The molecule has 0 bridgehead atoms. The number of aromatic nitrogens is 1. The van der Waals surface area contributed by atoms with Gasteiger partial charge in [0.25, 0.3) is 0 Å². The lowest BCUT2D eigenvalue weighted by molar-refractivity contribution is -0.0501. The molecule has 0 aliphatic heterocycles. The Balaban J connectivity index is 2.85. The number of hydrogen-bond acceptors (Lipinski definition) is 2. The summed E-state index contributed by atoms with van der Waals surface area (Å²) in [5, 5.41) is 0. The Hall–Kier alpha value is -0.530. The van der Waals surface area contributed by atoms with E-state index >= 15 is 0 Å². The topological polar surface area (TPSA) is 22.1 Å². The summed E-state index contributed by atoms with van der Waals surface area (Å²) in [5.41, 5.74) is 0. The monoisotopic (exact) mass is 289 g/mol. The van der Waals surface area contributed by atoms with Gasteiger partial charge in [0.2, 0.25) is 5.95 Å². The van der Waals surface area contributed by atoms with E-state index in [1.54, 1.807) is 22.6 Å². The van der Waals surface area contributed by atoms with Crippen LogP contribution in [-0.4, -0.2) is 11.6 Å². The van der Waals surface area contributed by atoms with E-state index in [4.69, 9.17) is 0 Å². The predicted octanol–water partition coefficient (Wildman–Crippen LogP) is 2.43. The summed E-state index contributed by atoms with van der Waals surface area (Å²) >= 11 is 1.70. The Labute approximate surface area is 79.9 Å². The van der Waals surface area contributed by atoms with Gasteiger partial charge in [0.05, 0.1) is 0 Å². The van der Waals surface area contributed by atoms with Crippen LogP contribution in [-0.2, 0) is 0 Å². The smallest absolute Gasteiger partial charge is 0.387 e. The lowest BCUT2D eigenvalue weighted by atomic mass is 10.4. The third-order valence-corrected chi connectivity index (χ3v) is 1.51. The maximum atomic E-state index is 12.4. The molecule has 0 N–H and O–H groups in total. The van der Waals surface area contributed by atoms with Gasteiger partial charge in [0.15, 0.2) is 0 Å². The minimum atomic E-state index is -2.94. The summed E-state index contributed by atoms with van der Waals surface area (Å²) in [4.78, 5) is 3.34. The maximum absolute atomic E-state index is 12.4. The van der Waals surface area contributed by atoms with Gasteiger partial charge >= 0.3 is 6.61 Å². The summed E-state index contributed by atoms with van der Waals surface area (Å²) < 4.78 is 39.9. The van der Waals surface area contributed by atoms with Gasteiger partial charge in [-0.2, -0.15) is 13.2 Å². The van der Waals surface area contributed by atoms with Crippen molar-refractivity contribution in [3.63, 3.8) is 0 Å². The number of alkyl halides is 2. The fourth-order valence-corrected chi connectivity index (χ4v) is 1.15. The number of hydrogen-bond donors (Lipinski definition) is 0. The van der Waals surface area contributed by atoms with Gasteiger partial charge in [0.1, 0.15) is 9.45 Å². The quantitative estimate of drug-likeness (QED) is 0.616. The molecule has 2 nitrogen and oxygen atoms in total. The van der Waals surface area contributed by atoms with Crippen molar-refractivity contribution in [2.24, 2.45) is 0 Å². The standard InChI is InChI=1S/C6H3F3INO/c7-4-1-3(12-6(8)9)2-5(10)11-4/h1-2,6H. The van der Waals surface area contributed by atoms with Crippen molar-refractivity contribution in [3.05, 3.63) is 21.8 Å². The first-order valence-electron chi connectivity index (χ1n) is 2.86. The van der Waals surface area contributed by atoms with Crippen LogP contribution < -0.4 is 4.74 Å². The molecular formula is C6H3F3INO. The lowest BCUT2D eigenvalue weighted by Crippen LogP contribution is -2.03. The van der Waals surface area contributed by atoms with Crippen molar-refractivity contribution < 1.29 is 17.9 Å². The number of ether oxygens (including phenoxy) is 1. The van der Waals surface area contributed by atoms with Crippen LogP contribution in [0.3, 0.4) is 0 Å². The van der Waals surface area contributed by atoms with Crippen LogP contribution in [0.2, 0.25) is 0 Å². The second kappa shape index (κ2) is 3.92. The van der Waals surface area contributed by atoms with E-state index < -0.39 is 12.6 Å². The zero-order chi connectivity index (χ0) is 9.14. The molecule has 6 heteroatoms. The Morgan fingerprint density at radius 2 is 2.08 bits per heavy atom. The van der Waals surface area contributed by atoms with Crippen LogP contribution >= 0.6 is 22.6 Å². The molecule has 0 unspecified atom stereocenters. The van der Waals surface area contributed by atoms with Crippen LogP contribution in [0.5, 0.6) is 5.75 Å². The highest BCUT2D eigenvalue weighted by Crippen LogP contribution is 2.16. The molecule has 0 spiro atoms. The number of rotatable bonds is 2. The van der Waals surface area contributed by atoms with Crippen LogP contribution in [0.1, 0.15) is 0 Å². The predicted molar refractivity (Wildman–Crippen MR) is 43.5 cm³/mol. The Morgan fingerprint density at radius 1 is 1.42 bits per heavy atom. The van der Waals surface area contributed by atoms with E-state index in [0.717, 1.165) is 6.07 Å². The second-order valence-electron chi connectivity index (χ2n) is 1.83. The molecule has 0 fully saturated rings. The lowest BCUT2D eigenvalue weighted by Gasteiger charge is -2.03. The van der Waals surface area contributed by atoms with Crippen molar-refractivity contribution >= 4 is 22.6 Å². The van der Waals surface area contributed by atoms with Gasteiger partial charge in [-0.05, 0) is 22.6 Å². The Morgan fingerprint density at radius 3 is 2.58 bits per heavy atom. The SMILES string of the molecule is Fc1cc(OC(F)F)cc(I)n1. The molecule has 1 heterocycles. The van der Waals surface area contributed by atoms with Crippen molar-refractivity contribution in [2.45, 2.75) is 6.61 Å². The first kappa shape index (κ1) is 9.56. The summed E-state index contributed by atoms with van der Waals surface area (Å²) in [7, 11) is 0. The van der Waals surface area contributed by atoms with Gasteiger partial charge in [-0.25, -0.2) is 4.98 Å². The average molecular weight is 289 g/mol. The summed E-state index contributed by atoms with van der Waals surface area (Å²) in [6.45, 7) is -2.94. The van der Waals surface area contributed by atoms with Gasteiger partial charge < -0.3 is 4.74 Å². The van der Waals surface area contributed by atoms with Crippen LogP contribution in [0.25, 0.3) is 0 Å². The van der Waals surface area contributed by atoms with Gasteiger partial charge in [-0.1, -0.05) is 0 Å². The number of nitrogens with zero attached hydrogens (tertiary/aromatic N) is 1. The Bertz CT molecular complexity index is 261. The van der Waals surface area contributed by atoms with Gasteiger partial charge in [-0.3, -0.25) is 0 Å². The highest BCUT2D eigenvalue weighted by atomic mass is 127. The first-order valence-corrected chi connectivity index (χ1v) is 3.93. The maximum Gasteiger partial charge on any atom is 0.387 e. The normalized spacial score (nSPS) is 10.4. The largest absolute Gasteiger partial charge is 0.435 e. The van der Waals surface area contributed by atoms with E-state index in [2.05, 4.69) is 9.72 Å². The molecule has 1 rings (SSSR count). The molecule has 0 amide bonds. The molecule has 0 atom stereocenters. The molecule has 66 valence electrons. The zero-order valence-electron chi connectivity index (χ0n) is 5.60. The van der Waals surface area contributed by atoms with Crippen molar-refractivity contribution in [1.29, 1.82) is 0 Å². The first-order chi connectivity index (χ1) is 5.58. The van der Waals surface area contributed by atoms with Crippen molar-refractivity contribution in [2.75, 3.05) is 0 Å². The van der Waals surface area contributed by atoms with Crippen LogP contribution in [0, 0.1) is 9.65 Å². The molecule has 0 aliphatic rings. The summed E-state index contributed by atoms with van der Waals surface area (Å²) in [6, 6.07) is 2.02. The van der Waals surface area contributed by atoms with E-state index in [1.807, 2.05) is 0 Å². The molecule has 0 saturated carbocycles. The molecule has 1 aromatic rings. The molecule has 0 aliphatic carbocycles.